The summed E-state index contributed by atoms with van der Waals surface area (Å²) in [6, 6.07) is 5.31. The van der Waals surface area contributed by atoms with Crippen molar-refractivity contribution < 1.29 is 9.84 Å². The monoisotopic (exact) mass is 193 g/mol. The van der Waals surface area contributed by atoms with Crippen LogP contribution in [0, 0.1) is 5.41 Å². The van der Waals surface area contributed by atoms with Gasteiger partial charge in [-0.1, -0.05) is 19.9 Å². The average molecular weight is 193 g/mol. The molecular formula is C11H15NO2. The number of phenols is 1. The van der Waals surface area contributed by atoms with E-state index in [0.717, 1.165) is 12.3 Å². The van der Waals surface area contributed by atoms with Crippen molar-refractivity contribution in [1.82, 2.24) is 0 Å². The predicted molar refractivity (Wildman–Crippen MR) is 55.9 cm³/mol. The first-order valence-electron chi connectivity index (χ1n) is 4.77. The standard InChI is InChI=1S/C11H15NO2/c1-11(2)6-12-10-8(13)4-3-5-9(10)14-7-11/h3-5,12-13H,6-7H2,1-2H3. The third-order valence-corrected chi connectivity index (χ3v) is 2.37. The minimum Gasteiger partial charge on any atom is -0.506 e. The third-order valence-electron chi connectivity index (χ3n) is 2.37. The molecule has 1 aliphatic rings. The van der Waals surface area contributed by atoms with E-state index in [1.165, 1.54) is 0 Å². The molecule has 1 aromatic rings. The van der Waals surface area contributed by atoms with E-state index in [2.05, 4.69) is 19.2 Å². The number of nitrogens with one attached hydrogen (secondary N) is 1. The second-order valence-electron chi connectivity index (χ2n) is 4.46. The zero-order valence-corrected chi connectivity index (χ0v) is 8.50. The number of phenolic OH excluding ortho intramolecular Hbond substituents is 1. The zero-order valence-electron chi connectivity index (χ0n) is 8.50. The van der Waals surface area contributed by atoms with Crippen LogP contribution in [0.3, 0.4) is 0 Å². The molecule has 0 aromatic heterocycles. The molecule has 3 nitrogen and oxygen atoms in total. The van der Waals surface area contributed by atoms with Gasteiger partial charge in [-0.05, 0) is 12.1 Å². The number of ether oxygens (including phenoxy) is 1. The van der Waals surface area contributed by atoms with Gasteiger partial charge in [0.1, 0.15) is 17.2 Å². The average Bonchev–Trinajstić information content (AvgIpc) is 2.27. The van der Waals surface area contributed by atoms with Gasteiger partial charge in [0, 0.05) is 12.0 Å². The van der Waals surface area contributed by atoms with Crippen LogP contribution in [0.25, 0.3) is 0 Å². The molecule has 0 unspecified atom stereocenters. The second-order valence-corrected chi connectivity index (χ2v) is 4.46. The molecule has 1 aliphatic heterocycles. The Morgan fingerprint density at radius 1 is 1.43 bits per heavy atom. The first-order chi connectivity index (χ1) is 6.58. The maximum Gasteiger partial charge on any atom is 0.146 e. The minimum atomic E-state index is 0.0888. The van der Waals surface area contributed by atoms with Crippen LogP contribution in [0.5, 0.6) is 11.5 Å². The molecule has 76 valence electrons. The first kappa shape index (κ1) is 9.19. The number of para-hydroxylation sites is 1. The predicted octanol–water partition coefficient (Wildman–Crippen LogP) is 2.22. The van der Waals surface area contributed by atoms with Gasteiger partial charge in [-0.2, -0.15) is 0 Å². The molecule has 1 heterocycles. The van der Waals surface area contributed by atoms with Gasteiger partial charge in [0.2, 0.25) is 0 Å². The van der Waals surface area contributed by atoms with Crippen molar-refractivity contribution in [1.29, 1.82) is 0 Å². The van der Waals surface area contributed by atoms with E-state index in [9.17, 15) is 5.11 Å². The van der Waals surface area contributed by atoms with Crippen molar-refractivity contribution in [3.63, 3.8) is 0 Å². The quantitative estimate of drug-likeness (QED) is 0.621. The lowest BCUT2D eigenvalue weighted by atomic mass is 9.95. The van der Waals surface area contributed by atoms with Crippen molar-refractivity contribution in [2.45, 2.75) is 13.8 Å². The smallest absolute Gasteiger partial charge is 0.146 e. The molecule has 1 aromatic carbocycles. The zero-order chi connectivity index (χ0) is 10.2. The largest absolute Gasteiger partial charge is 0.506 e. The van der Waals surface area contributed by atoms with Gasteiger partial charge in [0.05, 0.1) is 6.61 Å². The van der Waals surface area contributed by atoms with Crippen LogP contribution in [0.2, 0.25) is 0 Å². The summed E-state index contributed by atoms with van der Waals surface area (Å²) in [7, 11) is 0. The van der Waals surface area contributed by atoms with Crippen molar-refractivity contribution in [3.05, 3.63) is 18.2 Å². The molecule has 2 N–H and O–H groups in total. The number of hydrogen-bond donors (Lipinski definition) is 2. The van der Waals surface area contributed by atoms with Crippen molar-refractivity contribution in [2.75, 3.05) is 18.5 Å². The van der Waals surface area contributed by atoms with Crippen LogP contribution in [0.15, 0.2) is 18.2 Å². The lowest BCUT2D eigenvalue weighted by Crippen LogP contribution is -2.27. The van der Waals surface area contributed by atoms with Gasteiger partial charge >= 0.3 is 0 Å². The van der Waals surface area contributed by atoms with E-state index in [1.54, 1.807) is 12.1 Å². The van der Waals surface area contributed by atoms with Crippen LogP contribution in [-0.2, 0) is 0 Å². The number of fused-ring (bicyclic) bond motifs is 1. The van der Waals surface area contributed by atoms with Crippen LogP contribution in [0.4, 0.5) is 5.69 Å². The highest BCUT2D eigenvalue weighted by molar-refractivity contribution is 5.66. The fourth-order valence-corrected chi connectivity index (χ4v) is 1.47. The summed E-state index contributed by atoms with van der Waals surface area (Å²) in [6.45, 7) is 5.72. The highest BCUT2D eigenvalue weighted by Crippen LogP contribution is 2.37. The van der Waals surface area contributed by atoms with Crippen LogP contribution >= 0.6 is 0 Å². The molecule has 2 rings (SSSR count). The third kappa shape index (κ3) is 1.62. The summed E-state index contributed by atoms with van der Waals surface area (Å²) in [4.78, 5) is 0. The Morgan fingerprint density at radius 2 is 2.21 bits per heavy atom. The fourth-order valence-electron chi connectivity index (χ4n) is 1.47. The van der Waals surface area contributed by atoms with Crippen molar-refractivity contribution in [2.24, 2.45) is 5.41 Å². The Kier molecular flexibility index (Phi) is 2.02. The van der Waals surface area contributed by atoms with Crippen LogP contribution in [0.1, 0.15) is 13.8 Å². The van der Waals surface area contributed by atoms with Gasteiger partial charge in [-0.15, -0.1) is 0 Å². The van der Waals surface area contributed by atoms with Crippen molar-refractivity contribution in [3.8, 4) is 11.5 Å². The number of rotatable bonds is 0. The summed E-state index contributed by atoms with van der Waals surface area (Å²) in [6.07, 6.45) is 0. The number of hydrogen-bond acceptors (Lipinski definition) is 3. The lowest BCUT2D eigenvalue weighted by molar-refractivity contribution is 0.200. The molecule has 0 saturated carbocycles. The molecule has 0 fully saturated rings. The maximum atomic E-state index is 9.61. The Balaban J connectivity index is 2.34. The van der Waals surface area contributed by atoms with E-state index >= 15 is 0 Å². The summed E-state index contributed by atoms with van der Waals surface area (Å²) in [5, 5.41) is 12.8. The second kappa shape index (κ2) is 3.08. The number of aromatic hydroxyl groups is 1. The van der Waals surface area contributed by atoms with E-state index in [1.807, 2.05) is 6.07 Å². The first-order valence-corrected chi connectivity index (χ1v) is 4.77. The van der Waals surface area contributed by atoms with E-state index < -0.39 is 0 Å². The minimum absolute atomic E-state index is 0.0888. The Labute approximate surface area is 83.7 Å². The van der Waals surface area contributed by atoms with E-state index in [-0.39, 0.29) is 11.2 Å². The summed E-state index contributed by atoms with van der Waals surface area (Å²) in [5.74, 6) is 0.982. The van der Waals surface area contributed by atoms with Crippen LogP contribution in [-0.4, -0.2) is 18.3 Å². The van der Waals surface area contributed by atoms with Crippen molar-refractivity contribution >= 4 is 5.69 Å². The van der Waals surface area contributed by atoms with Gasteiger partial charge in [-0.3, -0.25) is 0 Å². The Bertz CT molecular complexity index is 347. The number of anilines is 1. The maximum absolute atomic E-state index is 9.61. The summed E-state index contributed by atoms with van der Waals surface area (Å²) in [5.41, 5.74) is 0.795. The topological polar surface area (TPSA) is 41.5 Å². The fraction of sp³-hybridized carbons (Fsp3) is 0.455. The molecule has 0 atom stereocenters. The van der Waals surface area contributed by atoms with E-state index in [0.29, 0.717) is 12.3 Å². The molecule has 0 amide bonds. The molecule has 0 radical (unpaired) electrons. The van der Waals surface area contributed by atoms with Gasteiger partial charge in [0.25, 0.3) is 0 Å². The van der Waals surface area contributed by atoms with Crippen LogP contribution < -0.4 is 10.1 Å². The normalized spacial score (nSPS) is 18.7. The van der Waals surface area contributed by atoms with Gasteiger partial charge in [0.15, 0.2) is 0 Å². The summed E-state index contributed by atoms with van der Waals surface area (Å²) < 4.78 is 5.62. The highest BCUT2D eigenvalue weighted by Gasteiger charge is 2.24. The lowest BCUT2D eigenvalue weighted by Gasteiger charge is -2.20. The van der Waals surface area contributed by atoms with E-state index in [4.69, 9.17) is 4.74 Å². The highest BCUT2D eigenvalue weighted by atomic mass is 16.5. The number of benzene rings is 1. The Morgan fingerprint density at radius 3 is 3.00 bits per heavy atom. The molecule has 0 saturated heterocycles. The van der Waals surface area contributed by atoms with Gasteiger partial charge in [-0.25, -0.2) is 0 Å². The molecule has 0 aliphatic carbocycles. The molecular weight excluding hydrogens is 178 g/mol. The molecule has 0 bridgehead atoms. The SMILES string of the molecule is CC1(C)CNc2c(O)cccc2OC1. The Hall–Kier alpha value is -1.38. The summed E-state index contributed by atoms with van der Waals surface area (Å²) >= 11 is 0. The molecule has 14 heavy (non-hydrogen) atoms. The molecule has 3 heteroatoms. The molecule has 0 spiro atoms. The van der Waals surface area contributed by atoms with Gasteiger partial charge < -0.3 is 15.2 Å².